The van der Waals surface area contributed by atoms with Crippen LogP contribution >= 0.6 is 34.4 Å². The number of hydrogen-bond acceptors (Lipinski definition) is 5. The Morgan fingerprint density at radius 3 is 2.83 bits per heavy atom. The average molecular weight is 375 g/mol. The molecule has 1 N–H and O–H groups in total. The molecule has 1 heterocycles. The van der Waals surface area contributed by atoms with Crippen LogP contribution in [0.5, 0.6) is 0 Å². The second-order valence-corrected chi connectivity index (χ2v) is 5.89. The van der Waals surface area contributed by atoms with Crippen LogP contribution in [0.15, 0.2) is 29.4 Å². The lowest BCUT2D eigenvalue weighted by atomic mass is 10.2. The van der Waals surface area contributed by atoms with Gasteiger partial charge in [0.25, 0.3) is 0 Å². The van der Waals surface area contributed by atoms with E-state index >= 15 is 0 Å². The molecule has 5 nitrogen and oxygen atoms in total. The van der Waals surface area contributed by atoms with E-state index in [1.807, 2.05) is 11.7 Å². The van der Waals surface area contributed by atoms with E-state index in [2.05, 4.69) is 67.7 Å². The van der Waals surface area contributed by atoms with Crippen molar-refractivity contribution in [3.05, 3.63) is 33.4 Å². The summed E-state index contributed by atoms with van der Waals surface area (Å²) in [5.41, 5.74) is 1.28. The van der Waals surface area contributed by atoms with Crippen molar-refractivity contribution in [3.8, 4) is 0 Å². The van der Waals surface area contributed by atoms with Crippen LogP contribution < -0.4 is 5.32 Å². The molecule has 0 aliphatic heterocycles. The van der Waals surface area contributed by atoms with Crippen molar-refractivity contribution in [3.63, 3.8) is 0 Å². The SMILES string of the molecule is CNCCn1nnnc1SCc1ccc(I)cc1. The maximum absolute atomic E-state index is 4.04. The molecule has 0 atom stereocenters. The van der Waals surface area contributed by atoms with E-state index in [9.17, 15) is 0 Å². The molecule has 0 fully saturated rings. The Hall–Kier alpha value is -0.670. The van der Waals surface area contributed by atoms with Crippen LogP contribution in [-0.2, 0) is 12.3 Å². The quantitative estimate of drug-likeness (QED) is 0.616. The Morgan fingerprint density at radius 1 is 1.33 bits per heavy atom. The Morgan fingerprint density at radius 2 is 2.11 bits per heavy atom. The van der Waals surface area contributed by atoms with Crippen molar-refractivity contribution in [1.82, 2.24) is 25.5 Å². The summed E-state index contributed by atoms with van der Waals surface area (Å²) in [5, 5.41) is 15.7. The third-order valence-corrected chi connectivity index (χ3v) is 4.10. The first kappa shape index (κ1) is 13.8. The number of rotatable bonds is 6. The molecule has 0 saturated heterocycles. The molecule has 0 spiro atoms. The fourth-order valence-electron chi connectivity index (χ4n) is 1.39. The highest BCUT2D eigenvalue weighted by Gasteiger charge is 2.06. The molecule has 0 amide bonds. The zero-order valence-electron chi connectivity index (χ0n) is 10.0. The lowest BCUT2D eigenvalue weighted by Crippen LogP contribution is -2.16. The van der Waals surface area contributed by atoms with Crippen LogP contribution in [0.2, 0.25) is 0 Å². The van der Waals surface area contributed by atoms with Crippen LogP contribution in [-0.4, -0.2) is 33.8 Å². The zero-order chi connectivity index (χ0) is 12.8. The Bertz CT molecular complexity index is 484. The second kappa shape index (κ2) is 7.05. The molecule has 0 bridgehead atoms. The summed E-state index contributed by atoms with van der Waals surface area (Å²) < 4.78 is 3.08. The molecule has 0 saturated carbocycles. The van der Waals surface area contributed by atoms with Gasteiger partial charge >= 0.3 is 0 Å². The van der Waals surface area contributed by atoms with Gasteiger partial charge in [-0.1, -0.05) is 23.9 Å². The predicted octanol–water partition coefficient (Wildman–Crippen LogP) is 1.79. The van der Waals surface area contributed by atoms with E-state index in [0.717, 1.165) is 24.0 Å². The van der Waals surface area contributed by atoms with Gasteiger partial charge in [-0.05, 0) is 57.8 Å². The van der Waals surface area contributed by atoms with Gasteiger partial charge in [0.15, 0.2) is 0 Å². The molecule has 0 radical (unpaired) electrons. The standard InChI is InChI=1S/C11H14IN5S/c1-13-6-7-17-11(14-15-16-17)18-8-9-2-4-10(12)5-3-9/h2-5,13H,6-8H2,1H3. The van der Waals surface area contributed by atoms with E-state index in [-0.39, 0.29) is 0 Å². The molecule has 2 aromatic rings. The zero-order valence-corrected chi connectivity index (χ0v) is 13.0. The summed E-state index contributed by atoms with van der Waals surface area (Å²) in [4.78, 5) is 0. The maximum Gasteiger partial charge on any atom is 0.209 e. The van der Waals surface area contributed by atoms with Crippen LogP contribution in [0.3, 0.4) is 0 Å². The average Bonchev–Trinajstić information content (AvgIpc) is 2.83. The number of benzene rings is 1. The van der Waals surface area contributed by atoms with Crippen molar-refractivity contribution in [2.75, 3.05) is 13.6 Å². The van der Waals surface area contributed by atoms with Gasteiger partial charge in [0.2, 0.25) is 5.16 Å². The van der Waals surface area contributed by atoms with Crippen LogP contribution in [0.4, 0.5) is 0 Å². The molecule has 18 heavy (non-hydrogen) atoms. The lowest BCUT2D eigenvalue weighted by molar-refractivity contribution is 0.530. The largest absolute Gasteiger partial charge is 0.318 e. The molecule has 0 aliphatic carbocycles. The van der Waals surface area contributed by atoms with E-state index in [1.54, 1.807) is 11.8 Å². The van der Waals surface area contributed by atoms with Gasteiger partial charge in [0, 0.05) is 15.9 Å². The van der Waals surface area contributed by atoms with Gasteiger partial charge in [-0.3, -0.25) is 0 Å². The molecule has 7 heteroatoms. The van der Waals surface area contributed by atoms with Crippen LogP contribution in [0.1, 0.15) is 5.56 Å². The third-order valence-electron chi connectivity index (χ3n) is 2.35. The minimum absolute atomic E-state index is 0.790. The number of nitrogens with one attached hydrogen (secondary N) is 1. The fourth-order valence-corrected chi connectivity index (χ4v) is 2.61. The van der Waals surface area contributed by atoms with Crippen molar-refractivity contribution in [2.24, 2.45) is 0 Å². The number of nitrogens with zero attached hydrogens (tertiary/aromatic N) is 4. The highest BCUT2D eigenvalue weighted by Crippen LogP contribution is 2.20. The predicted molar refractivity (Wildman–Crippen MR) is 80.5 cm³/mol. The number of aromatic nitrogens is 4. The number of tetrazole rings is 1. The van der Waals surface area contributed by atoms with Crippen molar-refractivity contribution >= 4 is 34.4 Å². The Balaban J connectivity index is 1.93. The number of hydrogen-bond donors (Lipinski definition) is 1. The van der Waals surface area contributed by atoms with Gasteiger partial charge in [0.1, 0.15) is 0 Å². The summed E-state index contributed by atoms with van der Waals surface area (Å²) in [6.07, 6.45) is 0. The van der Waals surface area contributed by atoms with Crippen LogP contribution in [0, 0.1) is 3.57 Å². The molecular weight excluding hydrogens is 361 g/mol. The first-order chi connectivity index (χ1) is 8.79. The smallest absolute Gasteiger partial charge is 0.209 e. The summed E-state index contributed by atoms with van der Waals surface area (Å²) in [7, 11) is 1.92. The molecule has 1 aromatic carbocycles. The second-order valence-electron chi connectivity index (χ2n) is 3.70. The maximum atomic E-state index is 4.04. The first-order valence-corrected chi connectivity index (χ1v) is 7.64. The van der Waals surface area contributed by atoms with Crippen LogP contribution in [0.25, 0.3) is 0 Å². The summed E-state index contributed by atoms with van der Waals surface area (Å²) in [5.74, 6) is 0.886. The number of likely N-dealkylation sites (N-methyl/N-ethyl adjacent to an activating group) is 1. The van der Waals surface area contributed by atoms with Gasteiger partial charge in [-0.15, -0.1) is 5.10 Å². The minimum Gasteiger partial charge on any atom is -0.318 e. The highest BCUT2D eigenvalue weighted by atomic mass is 127. The molecule has 1 aromatic heterocycles. The summed E-state index contributed by atoms with van der Waals surface area (Å²) in [6, 6.07) is 8.49. The van der Waals surface area contributed by atoms with E-state index in [0.29, 0.717) is 0 Å². The van der Waals surface area contributed by atoms with Gasteiger partial charge in [-0.25, -0.2) is 4.68 Å². The summed E-state index contributed by atoms with van der Waals surface area (Å²) >= 11 is 3.97. The van der Waals surface area contributed by atoms with Crippen molar-refractivity contribution < 1.29 is 0 Å². The van der Waals surface area contributed by atoms with Crippen molar-refractivity contribution in [2.45, 2.75) is 17.5 Å². The first-order valence-electron chi connectivity index (χ1n) is 5.57. The molecular formula is C11H14IN5S. The van der Waals surface area contributed by atoms with Gasteiger partial charge in [0.05, 0.1) is 6.54 Å². The summed E-state index contributed by atoms with van der Waals surface area (Å²) in [6.45, 7) is 1.65. The van der Waals surface area contributed by atoms with E-state index in [1.165, 1.54) is 9.13 Å². The van der Waals surface area contributed by atoms with Gasteiger partial charge < -0.3 is 5.32 Å². The molecule has 96 valence electrons. The van der Waals surface area contributed by atoms with Gasteiger partial charge in [-0.2, -0.15) is 0 Å². The number of thioether (sulfide) groups is 1. The monoisotopic (exact) mass is 375 g/mol. The van der Waals surface area contributed by atoms with E-state index in [4.69, 9.17) is 0 Å². The Labute approximate surface area is 124 Å². The van der Waals surface area contributed by atoms with Crippen molar-refractivity contribution in [1.29, 1.82) is 0 Å². The minimum atomic E-state index is 0.790. The highest BCUT2D eigenvalue weighted by molar-refractivity contribution is 14.1. The normalized spacial score (nSPS) is 10.8. The molecule has 2 rings (SSSR count). The fraction of sp³-hybridized carbons (Fsp3) is 0.364. The van der Waals surface area contributed by atoms with E-state index < -0.39 is 0 Å². The lowest BCUT2D eigenvalue weighted by Gasteiger charge is -2.04. The third kappa shape index (κ3) is 3.92. The Kier molecular flexibility index (Phi) is 5.39. The molecule has 0 aliphatic rings. The topological polar surface area (TPSA) is 55.6 Å². The molecule has 0 unspecified atom stereocenters. The number of halogens is 1.